The van der Waals surface area contributed by atoms with Crippen LogP contribution in [0.15, 0.2) is 60.7 Å². The summed E-state index contributed by atoms with van der Waals surface area (Å²) in [7, 11) is 0. The minimum atomic E-state index is 0.734. The Morgan fingerprint density at radius 2 is 1.31 bits per heavy atom. The van der Waals surface area contributed by atoms with Crippen LogP contribution in [0.1, 0.15) is 18.1 Å². The molecular weight excluding hydrogens is 194 g/mol. The van der Waals surface area contributed by atoms with Crippen LogP contribution >= 0.6 is 0 Å². The average molecular weight is 209 g/mol. The van der Waals surface area contributed by atoms with Crippen molar-refractivity contribution >= 4 is 0 Å². The Hall–Kier alpha value is -2.07. The summed E-state index contributed by atoms with van der Waals surface area (Å²) in [6, 6.07) is 21.7. The van der Waals surface area contributed by atoms with E-state index >= 15 is 0 Å². The van der Waals surface area contributed by atoms with Crippen molar-refractivity contribution in [2.75, 3.05) is 0 Å². The molecule has 0 radical (unpaired) electrons. The summed E-state index contributed by atoms with van der Waals surface area (Å²) in [5.74, 6) is 0. The normalized spacial score (nSPS) is 8.50. The maximum Gasteiger partial charge on any atom is 0.0991 e. The number of rotatable bonds is 1. The Kier molecular flexibility index (Phi) is 5.44. The molecule has 1 nitrogen and oxygen atoms in total. The molecule has 2 aromatic rings. The highest BCUT2D eigenvalue weighted by atomic mass is 14.2. The zero-order chi connectivity index (χ0) is 11.6. The van der Waals surface area contributed by atoms with Crippen molar-refractivity contribution in [3.05, 3.63) is 71.8 Å². The molecule has 0 aromatic heterocycles. The van der Waals surface area contributed by atoms with Gasteiger partial charge in [-0.2, -0.15) is 5.26 Å². The largest absolute Gasteiger partial charge is 0.192 e. The molecule has 2 aromatic carbocycles. The second-order valence-electron chi connectivity index (χ2n) is 3.32. The van der Waals surface area contributed by atoms with Gasteiger partial charge < -0.3 is 0 Å². The van der Waals surface area contributed by atoms with E-state index in [1.165, 1.54) is 5.56 Å². The molecule has 0 atom stereocenters. The number of benzene rings is 2. The van der Waals surface area contributed by atoms with E-state index in [0.29, 0.717) is 0 Å². The Morgan fingerprint density at radius 3 is 1.62 bits per heavy atom. The van der Waals surface area contributed by atoms with E-state index in [2.05, 4.69) is 13.0 Å². The van der Waals surface area contributed by atoms with Gasteiger partial charge in [-0.05, 0) is 24.1 Å². The second kappa shape index (κ2) is 7.25. The molecule has 0 bridgehead atoms. The van der Waals surface area contributed by atoms with Crippen molar-refractivity contribution in [2.45, 2.75) is 13.3 Å². The lowest BCUT2D eigenvalue weighted by atomic mass is 10.1. The number of aryl methyl sites for hydroxylation is 1. The first kappa shape index (κ1) is 12.0. The molecule has 0 unspecified atom stereocenters. The minimum absolute atomic E-state index is 0.734. The molecule has 0 N–H and O–H groups in total. The molecule has 0 aliphatic heterocycles. The molecule has 0 saturated heterocycles. The topological polar surface area (TPSA) is 23.8 Å². The smallest absolute Gasteiger partial charge is 0.0991 e. The van der Waals surface area contributed by atoms with Crippen molar-refractivity contribution in [3.8, 4) is 6.07 Å². The quantitative estimate of drug-likeness (QED) is 0.700. The first-order chi connectivity index (χ1) is 7.86. The number of hydrogen-bond acceptors (Lipinski definition) is 1. The SMILES string of the molecule is CCc1ccc(C#N)cc1.c1ccccc1. The van der Waals surface area contributed by atoms with Gasteiger partial charge in [0, 0.05) is 0 Å². The van der Waals surface area contributed by atoms with E-state index in [1.54, 1.807) is 0 Å². The molecule has 16 heavy (non-hydrogen) atoms. The lowest BCUT2D eigenvalue weighted by Gasteiger charge is -1.92. The van der Waals surface area contributed by atoms with E-state index in [1.807, 2.05) is 60.7 Å². The monoisotopic (exact) mass is 209 g/mol. The van der Waals surface area contributed by atoms with Crippen molar-refractivity contribution in [3.63, 3.8) is 0 Å². The zero-order valence-corrected chi connectivity index (χ0v) is 9.43. The molecule has 80 valence electrons. The van der Waals surface area contributed by atoms with Gasteiger partial charge in [0.15, 0.2) is 0 Å². The van der Waals surface area contributed by atoms with Crippen LogP contribution in [-0.4, -0.2) is 0 Å². The third kappa shape index (κ3) is 4.43. The maximum atomic E-state index is 8.45. The Bertz CT molecular complexity index is 397. The molecule has 0 aliphatic rings. The lowest BCUT2D eigenvalue weighted by molar-refractivity contribution is 1.14. The van der Waals surface area contributed by atoms with Crippen LogP contribution in [0.5, 0.6) is 0 Å². The molecule has 1 heteroatoms. The standard InChI is InChI=1S/C9H9N.C6H6/c1-2-8-3-5-9(7-10)6-4-8;1-2-4-6-5-3-1/h3-6H,2H2,1H3;1-6H. The van der Waals surface area contributed by atoms with E-state index in [-0.39, 0.29) is 0 Å². The highest BCUT2D eigenvalue weighted by Gasteiger charge is 1.88. The van der Waals surface area contributed by atoms with Gasteiger partial charge in [-0.15, -0.1) is 0 Å². The third-order valence-corrected chi connectivity index (χ3v) is 2.16. The van der Waals surface area contributed by atoms with Crippen LogP contribution in [0.2, 0.25) is 0 Å². The van der Waals surface area contributed by atoms with Gasteiger partial charge >= 0.3 is 0 Å². The van der Waals surface area contributed by atoms with Gasteiger partial charge in [-0.3, -0.25) is 0 Å². The summed E-state index contributed by atoms with van der Waals surface area (Å²) < 4.78 is 0. The predicted molar refractivity (Wildman–Crippen MR) is 67.0 cm³/mol. The van der Waals surface area contributed by atoms with Gasteiger partial charge in [0.05, 0.1) is 11.6 Å². The van der Waals surface area contributed by atoms with Crippen LogP contribution in [0, 0.1) is 11.3 Å². The van der Waals surface area contributed by atoms with Gasteiger partial charge in [0.25, 0.3) is 0 Å². The zero-order valence-electron chi connectivity index (χ0n) is 9.43. The highest BCUT2D eigenvalue weighted by Crippen LogP contribution is 2.02. The molecule has 2 rings (SSSR count). The Morgan fingerprint density at radius 1 is 0.875 bits per heavy atom. The molecular formula is C15H15N. The summed E-state index contributed by atoms with van der Waals surface area (Å²) in [6.45, 7) is 2.10. The Balaban J connectivity index is 0.000000181. The van der Waals surface area contributed by atoms with E-state index in [4.69, 9.17) is 5.26 Å². The van der Waals surface area contributed by atoms with Crippen LogP contribution in [0.25, 0.3) is 0 Å². The second-order valence-corrected chi connectivity index (χ2v) is 3.32. The molecule has 0 heterocycles. The molecule has 0 spiro atoms. The van der Waals surface area contributed by atoms with Crippen molar-refractivity contribution in [2.24, 2.45) is 0 Å². The summed E-state index contributed by atoms with van der Waals surface area (Å²) in [5.41, 5.74) is 2.01. The molecule has 0 aliphatic carbocycles. The van der Waals surface area contributed by atoms with E-state index in [9.17, 15) is 0 Å². The van der Waals surface area contributed by atoms with Crippen LogP contribution < -0.4 is 0 Å². The number of nitrogens with zero attached hydrogens (tertiary/aromatic N) is 1. The third-order valence-electron chi connectivity index (χ3n) is 2.16. The highest BCUT2D eigenvalue weighted by molar-refractivity contribution is 5.31. The number of hydrogen-bond donors (Lipinski definition) is 0. The van der Waals surface area contributed by atoms with Gasteiger partial charge in [-0.1, -0.05) is 55.5 Å². The minimum Gasteiger partial charge on any atom is -0.192 e. The van der Waals surface area contributed by atoms with Crippen LogP contribution in [0.3, 0.4) is 0 Å². The van der Waals surface area contributed by atoms with Crippen LogP contribution in [-0.2, 0) is 6.42 Å². The lowest BCUT2D eigenvalue weighted by Crippen LogP contribution is -1.78. The fraction of sp³-hybridized carbons (Fsp3) is 0.133. The van der Waals surface area contributed by atoms with E-state index in [0.717, 1.165) is 12.0 Å². The van der Waals surface area contributed by atoms with Crippen molar-refractivity contribution in [1.29, 1.82) is 5.26 Å². The number of nitriles is 1. The fourth-order valence-electron chi connectivity index (χ4n) is 1.20. The molecule has 0 amide bonds. The van der Waals surface area contributed by atoms with E-state index < -0.39 is 0 Å². The molecule has 0 saturated carbocycles. The van der Waals surface area contributed by atoms with Gasteiger partial charge in [0.1, 0.15) is 0 Å². The fourth-order valence-corrected chi connectivity index (χ4v) is 1.20. The predicted octanol–water partition coefficient (Wildman–Crippen LogP) is 3.81. The van der Waals surface area contributed by atoms with Gasteiger partial charge in [-0.25, -0.2) is 0 Å². The first-order valence-electron chi connectivity index (χ1n) is 5.36. The summed E-state index contributed by atoms with van der Waals surface area (Å²) in [6.07, 6.45) is 1.03. The maximum absolute atomic E-state index is 8.45. The Labute approximate surface area is 97.0 Å². The van der Waals surface area contributed by atoms with Gasteiger partial charge in [0.2, 0.25) is 0 Å². The summed E-state index contributed by atoms with van der Waals surface area (Å²) in [5, 5.41) is 8.45. The molecule has 0 fully saturated rings. The van der Waals surface area contributed by atoms with Crippen molar-refractivity contribution < 1.29 is 0 Å². The van der Waals surface area contributed by atoms with Crippen molar-refractivity contribution in [1.82, 2.24) is 0 Å². The van der Waals surface area contributed by atoms with Crippen LogP contribution in [0.4, 0.5) is 0 Å². The average Bonchev–Trinajstić information content (AvgIpc) is 2.41. The summed E-state index contributed by atoms with van der Waals surface area (Å²) in [4.78, 5) is 0. The summed E-state index contributed by atoms with van der Waals surface area (Å²) >= 11 is 0. The first-order valence-corrected chi connectivity index (χ1v) is 5.36.